The number of halogens is 1. The van der Waals surface area contributed by atoms with E-state index in [1.54, 1.807) is 7.11 Å². The molecular formula is C15H25ClN2O3. The number of hydrogen-bond donors (Lipinski definition) is 2. The second-order valence-corrected chi connectivity index (χ2v) is 4.40. The minimum absolute atomic E-state index is 0. The Labute approximate surface area is 132 Å². The summed E-state index contributed by atoms with van der Waals surface area (Å²) >= 11 is 0. The minimum atomic E-state index is -0.0144. The quantitative estimate of drug-likeness (QED) is 0.642. The molecule has 5 nitrogen and oxygen atoms in total. The van der Waals surface area contributed by atoms with Crippen LogP contribution in [-0.2, 0) is 27.4 Å². The molecule has 6 heteroatoms. The Morgan fingerprint density at radius 1 is 1.19 bits per heavy atom. The Hall–Kier alpha value is -1.14. The zero-order chi connectivity index (χ0) is 14.6. The maximum absolute atomic E-state index is 11.6. The number of carbonyl (C=O) groups is 1. The molecule has 1 rings (SSSR count). The average Bonchev–Trinajstić information content (AvgIpc) is 2.48. The van der Waals surface area contributed by atoms with Crippen molar-refractivity contribution in [1.82, 2.24) is 10.6 Å². The molecule has 1 aromatic carbocycles. The molecule has 0 unspecified atom stereocenters. The van der Waals surface area contributed by atoms with E-state index in [1.165, 1.54) is 0 Å². The number of benzene rings is 1. The molecule has 0 aliphatic heterocycles. The standard InChI is InChI=1S/C15H24N2O3.ClH/c1-3-20-12-14-6-4-13(5-7-14)10-17-15(18)11-16-8-9-19-2;/h4-7,16H,3,8-12H2,1-2H3,(H,17,18);1H. The summed E-state index contributed by atoms with van der Waals surface area (Å²) in [5, 5.41) is 5.87. The van der Waals surface area contributed by atoms with E-state index in [0.29, 0.717) is 39.5 Å². The molecule has 0 saturated heterocycles. The van der Waals surface area contributed by atoms with Crippen molar-refractivity contribution < 1.29 is 14.3 Å². The van der Waals surface area contributed by atoms with E-state index in [9.17, 15) is 4.79 Å². The summed E-state index contributed by atoms with van der Waals surface area (Å²) in [6, 6.07) is 8.06. The fraction of sp³-hybridized carbons (Fsp3) is 0.533. The Balaban J connectivity index is 0.00000400. The summed E-state index contributed by atoms with van der Waals surface area (Å²) < 4.78 is 10.2. The molecule has 0 spiro atoms. The van der Waals surface area contributed by atoms with E-state index in [1.807, 2.05) is 31.2 Å². The molecule has 0 fully saturated rings. The van der Waals surface area contributed by atoms with Gasteiger partial charge in [-0.3, -0.25) is 4.79 Å². The number of amides is 1. The Bertz CT molecular complexity index is 385. The zero-order valence-electron chi connectivity index (χ0n) is 12.7. The van der Waals surface area contributed by atoms with Gasteiger partial charge < -0.3 is 20.1 Å². The maximum Gasteiger partial charge on any atom is 0.234 e. The van der Waals surface area contributed by atoms with Crippen LogP contribution in [0.15, 0.2) is 24.3 Å². The zero-order valence-corrected chi connectivity index (χ0v) is 13.5. The van der Waals surface area contributed by atoms with E-state index < -0.39 is 0 Å². The van der Waals surface area contributed by atoms with E-state index in [4.69, 9.17) is 9.47 Å². The Morgan fingerprint density at radius 2 is 1.86 bits per heavy atom. The molecule has 21 heavy (non-hydrogen) atoms. The van der Waals surface area contributed by atoms with E-state index >= 15 is 0 Å². The molecule has 120 valence electrons. The van der Waals surface area contributed by atoms with Crippen LogP contribution >= 0.6 is 12.4 Å². The van der Waals surface area contributed by atoms with E-state index in [-0.39, 0.29) is 18.3 Å². The van der Waals surface area contributed by atoms with Crippen molar-refractivity contribution in [2.45, 2.75) is 20.1 Å². The Kier molecular flexibility index (Phi) is 11.9. The van der Waals surface area contributed by atoms with Gasteiger partial charge in [0.1, 0.15) is 0 Å². The van der Waals surface area contributed by atoms with E-state index in [0.717, 1.165) is 11.1 Å². The first kappa shape index (κ1) is 19.9. The van der Waals surface area contributed by atoms with Gasteiger partial charge in [-0.05, 0) is 18.1 Å². The highest BCUT2D eigenvalue weighted by Gasteiger charge is 2.01. The van der Waals surface area contributed by atoms with Gasteiger partial charge in [0, 0.05) is 26.8 Å². The van der Waals surface area contributed by atoms with Crippen molar-refractivity contribution in [2.24, 2.45) is 0 Å². The van der Waals surface area contributed by atoms with Gasteiger partial charge >= 0.3 is 0 Å². The molecule has 0 atom stereocenters. The lowest BCUT2D eigenvalue weighted by Gasteiger charge is -2.07. The summed E-state index contributed by atoms with van der Waals surface area (Å²) in [6.45, 7) is 5.46. The summed E-state index contributed by atoms with van der Waals surface area (Å²) in [5.41, 5.74) is 2.22. The third-order valence-corrected chi connectivity index (χ3v) is 2.75. The van der Waals surface area contributed by atoms with Gasteiger partial charge in [0.25, 0.3) is 0 Å². The van der Waals surface area contributed by atoms with Crippen LogP contribution in [0.3, 0.4) is 0 Å². The molecule has 0 heterocycles. The number of nitrogens with one attached hydrogen (secondary N) is 2. The SMILES string of the molecule is CCOCc1ccc(CNC(=O)CNCCOC)cc1.Cl. The molecule has 2 N–H and O–H groups in total. The first-order valence-corrected chi connectivity index (χ1v) is 6.88. The fourth-order valence-electron chi connectivity index (χ4n) is 1.61. The summed E-state index contributed by atoms with van der Waals surface area (Å²) in [7, 11) is 1.64. The van der Waals surface area contributed by atoms with Crippen molar-refractivity contribution in [2.75, 3.05) is 33.4 Å². The molecular weight excluding hydrogens is 292 g/mol. The predicted molar refractivity (Wildman–Crippen MR) is 85.6 cm³/mol. The fourth-order valence-corrected chi connectivity index (χ4v) is 1.61. The van der Waals surface area contributed by atoms with Crippen LogP contribution in [0.25, 0.3) is 0 Å². The highest BCUT2D eigenvalue weighted by molar-refractivity contribution is 5.85. The third kappa shape index (κ3) is 9.42. The van der Waals surface area contributed by atoms with Gasteiger partial charge in [0.05, 0.1) is 19.8 Å². The van der Waals surface area contributed by atoms with Crippen molar-refractivity contribution >= 4 is 18.3 Å². The highest BCUT2D eigenvalue weighted by Crippen LogP contribution is 2.05. The lowest BCUT2D eigenvalue weighted by molar-refractivity contribution is -0.120. The van der Waals surface area contributed by atoms with Crippen LogP contribution in [-0.4, -0.2) is 39.3 Å². The summed E-state index contributed by atoms with van der Waals surface area (Å²) in [6.07, 6.45) is 0. The van der Waals surface area contributed by atoms with E-state index in [2.05, 4.69) is 10.6 Å². The Morgan fingerprint density at radius 3 is 2.48 bits per heavy atom. The monoisotopic (exact) mass is 316 g/mol. The third-order valence-electron chi connectivity index (χ3n) is 2.75. The van der Waals surface area contributed by atoms with Gasteiger partial charge in [0.15, 0.2) is 0 Å². The molecule has 0 aliphatic carbocycles. The van der Waals surface area contributed by atoms with Crippen molar-refractivity contribution in [1.29, 1.82) is 0 Å². The number of rotatable bonds is 10. The molecule has 0 aromatic heterocycles. The van der Waals surface area contributed by atoms with Crippen LogP contribution in [0.5, 0.6) is 0 Å². The van der Waals surface area contributed by atoms with Crippen LogP contribution in [0.2, 0.25) is 0 Å². The summed E-state index contributed by atoms with van der Waals surface area (Å²) in [4.78, 5) is 11.6. The molecule has 0 radical (unpaired) electrons. The average molecular weight is 317 g/mol. The van der Waals surface area contributed by atoms with Gasteiger partial charge in [-0.25, -0.2) is 0 Å². The first-order chi connectivity index (χ1) is 9.76. The number of ether oxygens (including phenoxy) is 2. The first-order valence-electron chi connectivity index (χ1n) is 6.88. The topological polar surface area (TPSA) is 59.6 Å². The second-order valence-electron chi connectivity index (χ2n) is 4.40. The second kappa shape index (κ2) is 12.6. The van der Waals surface area contributed by atoms with Gasteiger partial charge in [-0.15, -0.1) is 12.4 Å². The molecule has 1 amide bonds. The highest BCUT2D eigenvalue weighted by atomic mass is 35.5. The predicted octanol–water partition coefficient (Wildman–Crippen LogP) is 1.50. The molecule has 0 saturated carbocycles. The van der Waals surface area contributed by atoms with Crippen LogP contribution < -0.4 is 10.6 Å². The minimum Gasteiger partial charge on any atom is -0.383 e. The lowest BCUT2D eigenvalue weighted by Crippen LogP contribution is -2.34. The van der Waals surface area contributed by atoms with Crippen LogP contribution in [0.4, 0.5) is 0 Å². The van der Waals surface area contributed by atoms with Gasteiger partial charge in [-0.1, -0.05) is 24.3 Å². The van der Waals surface area contributed by atoms with Crippen molar-refractivity contribution in [3.05, 3.63) is 35.4 Å². The van der Waals surface area contributed by atoms with Crippen LogP contribution in [0.1, 0.15) is 18.1 Å². The van der Waals surface area contributed by atoms with Crippen molar-refractivity contribution in [3.63, 3.8) is 0 Å². The summed E-state index contributed by atoms with van der Waals surface area (Å²) in [5.74, 6) is -0.0144. The smallest absolute Gasteiger partial charge is 0.234 e. The molecule has 1 aromatic rings. The number of carbonyl (C=O) groups excluding carboxylic acids is 1. The normalized spacial score (nSPS) is 10.0. The largest absolute Gasteiger partial charge is 0.383 e. The van der Waals surface area contributed by atoms with Gasteiger partial charge in [0.2, 0.25) is 5.91 Å². The molecule has 0 bridgehead atoms. The van der Waals surface area contributed by atoms with Gasteiger partial charge in [-0.2, -0.15) is 0 Å². The maximum atomic E-state index is 11.6. The number of hydrogen-bond acceptors (Lipinski definition) is 4. The lowest BCUT2D eigenvalue weighted by atomic mass is 10.1. The van der Waals surface area contributed by atoms with Crippen LogP contribution in [0, 0.1) is 0 Å². The van der Waals surface area contributed by atoms with Crippen molar-refractivity contribution in [3.8, 4) is 0 Å². The number of methoxy groups -OCH3 is 1. The molecule has 0 aliphatic rings.